The van der Waals surface area contributed by atoms with Gasteiger partial charge < -0.3 is 10.7 Å². The Bertz CT molecular complexity index is 480. The first-order chi connectivity index (χ1) is 6.83. The highest BCUT2D eigenvalue weighted by atomic mass is 14.8. The van der Waals surface area contributed by atoms with Gasteiger partial charge in [0, 0.05) is 23.8 Å². The third kappa shape index (κ3) is 1.34. The van der Waals surface area contributed by atoms with Gasteiger partial charge in [0.2, 0.25) is 0 Å². The molecule has 2 aromatic heterocycles. The van der Waals surface area contributed by atoms with E-state index in [9.17, 15) is 0 Å². The molecule has 0 fully saturated rings. The van der Waals surface area contributed by atoms with Gasteiger partial charge in [0.25, 0.3) is 0 Å². The molecule has 0 saturated carbocycles. The van der Waals surface area contributed by atoms with Crippen LogP contribution in [0.15, 0.2) is 24.5 Å². The summed E-state index contributed by atoms with van der Waals surface area (Å²) in [5, 5.41) is 9.55. The summed E-state index contributed by atoms with van der Waals surface area (Å²) >= 11 is 0. The molecule has 0 radical (unpaired) electrons. The van der Waals surface area contributed by atoms with E-state index >= 15 is 0 Å². The first kappa shape index (κ1) is 8.73. The maximum Gasteiger partial charge on any atom is 0.137 e. The summed E-state index contributed by atoms with van der Waals surface area (Å²) in [7, 11) is 0. The van der Waals surface area contributed by atoms with Crippen LogP contribution in [0.3, 0.4) is 0 Å². The van der Waals surface area contributed by atoms with Crippen LogP contribution in [0.1, 0.15) is 18.0 Å². The van der Waals surface area contributed by atoms with E-state index in [2.05, 4.69) is 16.0 Å². The molecular weight excluding hydrogens is 176 g/mol. The predicted octanol–water partition coefficient (Wildman–Crippen LogP) is 1.48. The smallest absolute Gasteiger partial charge is 0.137 e. The van der Waals surface area contributed by atoms with Crippen LogP contribution in [0, 0.1) is 11.3 Å². The number of nitriles is 1. The van der Waals surface area contributed by atoms with Crippen LogP contribution in [0.5, 0.6) is 0 Å². The van der Waals surface area contributed by atoms with Crippen LogP contribution in [0.25, 0.3) is 11.0 Å². The molecule has 4 heteroatoms. The standard InChI is InChI=1S/C10H10N4/c11-4-3-9(12)8-6-14-10-7(8)2-1-5-13-10/h1-2,5-6,9H,3,12H2,(H,13,14). The second kappa shape index (κ2) is 3.48. The zero-order chi connectivity index (χ0) is 9.97. The molecule has 1 atom stereocenters. The molecule has 0 spiro atoms. The topological polar surface area (TPSA) is 78.5 Å². The minimum Gasteiger partial charge on any atom is -0.346 e. The number of hydrogen-bond acceptors (Lipinski definition) is 3. The average molecular weight is 186 g/mol. The molecule has 2 heterocycles. The van der Waals surface area contributed by atoms with Crippen molar-refractivity contribution in [1.82, 2.24) is 9.97 Å². The maximum atomic E-state index is 8.55. The van der Waals surface area contributed by atoms with Gasteiger partial charge in [-0.2, -0.15) is 5.26 Å². The molecule has 0 aromatic carbocycles. The van der Waals surface area contributed by atoms with Crippen molar-refractivity contribution in [3.05, 3.63) is 30.1 Å². The van der Waals surface area contributed by atoms with E-state index in [4.69, 9.17) is 11.0 Å². The summed E-state index contributed by atoms with van der Waals surface area (Å²) in [6, 6.07) is 5.63. The van der Waals surface area contributed by atoms with Gasteiger partial charge in [-0.1, -0.05) is 0 Å². The molecule has 14 heavy (non-hydrogen) atoms. The van der Waals surface area contributed by atoms with Crippen molar-refractivity contribution in [2.24, 2.45) is 5.73 Å². The monoisotopic (exact) mass is 186 g/mol. The summed E-state index contributed by atoms with van der Waals surface area (Å²) < 4.78 is 0. The third-order valence-electron chi connectivity index (χ3n) is 2.19. The third-order valence-corrected chi connectivity index (χ3v) is 2.19. The molecule has 0 bridgehead atoms. The van der Waals surface area contributed by atoms with Gasteiger partial charge in [0.1, 0.15) is 5.65 Å². The molecule has 0 aliphatic heterocycles. The largest absolute Gasteiger partial charge is 0.346 e. The molecule has 0 amide bonds. The van der Waals surface area contributed by atoms with E-state index in [1.165, 1.54) is 0 Å². The number of H-pyrrole nitrogens is 1. The quantitative estimate of drug-likeness (QED) is 0.745. The first-order valence-electron chi connectivity index (χ1n) is 4.37. The van der Waals surface area contributed by atoms with Gasteiger partial charge in [-0.15, -0.1) is 0 Å². The fourth-order valence-electron chi connectivity index (χ4n) is 1.49. The number of nitrogens with two attached hydrogens (primary N) is 1. The molecule has 0 aliphatic carbocycles. The summed E-state index contributed by atoms with van der Waals surface area (Å²) in [6.07, 6.45) is 3.86. The van der Waals surface area contributed by atoms with Crippen LogP contribution < -0.4 is 5.73 Å². The summed E-state index contributed by atoms with van der Waals surface area (Å²) in [4.78, 5) is 7.18. The minimum absolute atomic E-state index is 0.238. The molecule has 1 unspecified atom stereocenters. The van der Waals surface area contributed by atoms with E-state index in [0.29, 0.717) is 6.42 Å². The number of pyridine rings is 1. The zero-order valence-corrected chi connectivity index (χ0v) is 7.57. The fourth-order valence-corrected chi connectivity index (χ4v) is 1.49. The second-order valence-corrected chi connectivity index (χ2v) is 3.11. The molecule has 3 N–H and O–H groups in total. The summed E-state index contributed by atoms with van der Waals surface area (Å²) in [5.41, 5.74) is 7.61. The van der Waals surface area contributed by atoms with Gasteiger partial charge in [0.15, 0.2) is 0 Å². The second-order valence-electron chi connectivity index (χ2n) is 3.11. The first-order valence-corrected chi connectivity index (χ1v) is 4.37. The molecule has 2 rings (SSSR count). The number of hydrogen-bond donors (Lipinski definition) is 2. The van der Waals surface area contributed by atoms with Crippen LogP contribution >= 0.6 is 0 Å². The Morgan fingerprint density at radius 1 is 1.64 bits per heavy atom. The number of nitrogens with one attached hydrogen (secondary N) is 1. The SMILES string of the molecule is N#CCC(N)c1c[nH]c2ncccc12. The van der Waals surface area contributed by atoms with E-state index in [-0.39, 0.29) is 6.04 Å². The highest BCUT2D eigenvalue weighted by Gasteiger charge is 2.10. The van der Waals surface area contributed by atoms with Gasteiger partial charge in [-0.25, -0.2) is 4.98 Å². The number of nitrogens with zero attached hydrogens (tertiary/aromatic N) is 2. The van der Waals surface area contributed by atoms with E-state index in [1.807, 2.05) is 18.3 Å². The summed E-state index contributed by atoms with van der Waals surface area (Å²) in [5.74, 6) is 0. The highest BCUT2D eigenvalue weighted by Crippen LogP contribution is 2.22. The van der Waals surface area contributed by atoms with Crippen molar-refractivity contribution in [2.45, 2.75) is 12.5 Å². The van der Waals surface area contributed by atoms with Crippen molar-refractivity contribution in [3.63, 3.8) is 0 Å². The minimum atomic E-state index is -0.238. The van der Waals surface area contributed by atoms with Gasteiger partial charge in [-0.3, -0.25) is 0 Å². The van der Waals surface area contributed by atoms with Crippen molar-refractivity contribution in [2.75, 3.05) is 0 Å². The Balaban J connectivity index is 2.48. The normalized spacial score (nSPS) is 12.6. The lowest BCUT2D eigenvalue weighted by Crippen LogP contribution is -2.08. The van der Waals surface area contributed by atoms with E-state index < -0.39 is 0 Å². The Kier molecular flexibility index (Phi) is 2.17. The summed E-state index contributed by atoms with van der Waals surface area (Å²) in [6.45, 7) is 0. The Morgan fingerprint density at radius 2 is 2.50 bits per heavy atom. The number of aromatic nitrogens is 2. The Hall–Kier alpha value is -1.86. The molecular formula is C10H10N4. The molecule has 4 nitrogen and oxygen atoms in total. The lowest BCUT2D eigenvalue weighted by Gasteiger charge is -2.04. The Morgan fingerprint density at radius 3 is 3.29 bits per heavy atom. The van der Waals surface area contributed by atoms with Gasteiger partial charge >= 0.3 is 0 Å². The average Bonchev–Trinajstić information content (AvgIpc) is 2.61. The van der Waals surface area contributed by atoms with Crippen molar-refractivity contribution in [1.29, 1.82) is 5.26 Å². The van der Waals surface area contributed by atoms with Gasteiger partial charge in [-0.05, 0) is 17.7 Å². The Labute approximate surface area is 81.4 Å². The van der Waals surface area contributed by atoms with Crippen LogP contribution in [0.2, 0.25) is 0 Å². The fraction of sp³-hybridized carbons (Fsp3) is 0.200. The lowest BCUT2D eigenvalue weighted by molar-refractivity contribution is 0.755. The van der Waals surface area contributed by atoms with Crippen LogP contribution in [-0.4, -0.2) is 9.97 Å². The zero-order valence-electron chi connectivity index (χ0n) is 7.57. The number of rotatable bonds is 2. The van der Waals surface area contributed by atoms with E-state index in [0.717, 1.165) is 16.6 Å². The molecule has 0 aliphatic rings. The van der Waals surface area contributed by atoms with Crippen LogP contribution in [0.4, 0.5) is 0 Å². The number of aromatic amines is 1. The number of fused-ring (bicyclic) bond motifs is 1. The highest BCUT2D eigenvalue weighted by molar-refractivity contribution is 5.80. The van der Waals surface area contributed by atoms with Gasteiger partial charge in [0.05, 0.1) is 12.5 Å². The lowest BCUT2D eigenvalue weighted by atomic mass is 10.1. The van der Waals surface area contributed by atoms with E-state index in [1.54, 1.807) is 6.20 Å². The van der Waals surface area contributed by atoms with Crippen LogP contribution in [-0.2, 0) is 0 Å². The van der Waals surface area contributed by atoms with Crippen molar-refractivity contribution < 1.29 is 0 Å². The van der Waals surface area contributed by atoms with Crippen molar-refractivity contribution >= 4 is 11.0 Å². The molecule has 0 saturated heterocycles. The maximum absolute atomic E-state index is 8.55. The molecule has 70 valence electrons. The molecule has 2 aromatic rings. The predicted molar refractivity (Wildman–Crippen MR) is 53.3 cm³/mol. The van der Waals surface area contributed by atoms with Crippen molar-refractivity contribution in [3.8, 4) is 6.07 Å².